The third kappa shape index (κ3) is 4.68. The molecule has 3 rings (SSSR count). The van der Waals surface area contributed by atoms with Crippen LogP contribution in [0.15, 0.2) is 47.1 Å². The van der Waals surface area contributed by atoms with Crippen molar-refractivity contribution in [3.63, 3.8) is 0 Å². The number of anilines is 1. The van der Waals surface area contributed by atoms with Crippen LogP contribution in [0.5, 0.6) is 11.5 Å². The maximum atomic E-state index is 12.4. The minimum Gasteiger partial charge on any atom is -0.493 e. The van der Waals surface area contributed by atoms with Crippen LogP contribution in [0.25, 0.3) is 11.0 Å². The summed E-state index contributed by atoms with van der Waals surface area (Å²) in [4.78, 5) is 24.7. The van der Waals surface area contributed by atoms with E-state index >= 15 is 0 Å². The number of aryl methyl sites for hydroxylation is 1. The number of nitrogens with one attached hydrogen (secondary N) is 1. The lowest BCUT2D eigenvalue weighted by Gasteiger charge is -2.14. The summed E-state index contributed by atoms with van der Waals surface area (Å²) in [7, 11) is 3.04. The number of methoxy groups -OCH3 is 2. The number of ether oxygens (including phenoxy) is 3. The van der Waals surface area contributed by atoms with E-state index in [1.54, 1.807) is 24.5 Å². The maximum Gasteiger partial charge on any atom is 0.311 e. The molecule has 152 valence electrons. The van der Waals surface area contributed by atoms with Crippen LogP contribution in [0, 0.1) is 6.92 Å². The van der Waals surface area contributed by atoms with Crippen molar-refractivity contribution in [2.45, 2.75) is 26.4 Å². The van der Waals surface area contributed by atoms with Crippen molar-refractivity contribution in [2.24, 2.45) is 0 Å². The second-order valence-electron chi connectivity index (χ2n) is 6.63. The molecular weight excluding hydrogens is 374 g/mol. The summed E-state index contributed by atoms with van der Waals surface area (Å²) in [5.74, 6) is 0.0750. The first-order valence-electron chi connectivity index (χ1n) is 9.10. The number of hydrogen-bond donors (Lipinski definition) is 1. The maximum absolute atomic E-state index is 12.4. The van der Waals surface area contributed by atoms with Gasteiger partial charge in [0.05, 0.1) is 26.9 Å². The van der Waals surface area contributed by atoms with Gasteiger partial charge in [0.2, 0.25) is 0 Å². The minimum atomic E-state index is -0.962. The molecule has 1 heterocycles. The van der Waals surface area contributed by atoms with E-state index in [2.05, 4.69) is 5.32 Å². The van der Waals surface area contributed by atoms with Crippen LogP contribution in [-0.2, 0) is 20.7 Å². The lowest BCUT2D eigenvalue weighted by atomic mass is 10.1. The highest BCUT2D eigenvalue weighted by Gasteiger charge is 2.20. The average Bonchev–Trinajstić information content (AvgIpc) is 3.09. The fraction of sp³-hybridized carbons (Fsp3) is 0.273. The molecule has 7 nitrogen and oxygen atoms in total. The first-order valence-corrected chi connectivity index (χ1v) is 9.10. The van der Waals surface area contributed by atoms with Crippen LogP contribution in [0.4, 0.5) is 5.69 Å². The number of carbonyl (C=O) groups is 2. The number of amides is 1. The number of hydrogen-bond acceptors (Lipinski definition) is 6. The first-order chi connectivity index (χ1) is 13.9. The Balaban J connectivity index is 1.61. The number of furan rings is 1. The molecule has 7 heteroatoms. The van der Waals surface area contributed by atoms with Crippen LogP contribution in [0.2, 0.25) is 0 Å². The Bertz CT molecular complexity index is 1040. The lowest BCUT2D eigenvalue weighted by Crippen LogP contribution is -2.30. The predicted molar refractivity (Wildman–Crippen MR) is 108 cm³/mol. The summed E-state index contributed by atoms with van der Waals surface area (Å²) in [6, 6.07) is 10.7. The Morgan fingerprint density at radius 1 is 1.07 bits per heavy atom. The van der Waals surface area contributed by atoms with Gasteiger partial charge in [0.1, 0.15) is 5.58 Å². The second kappa shape index (κ2) is 8.68. The van der Waals surface area contributed by atoms with Gasteiger partial charge in [-0.25, -0.2) is 0 Å². The van der Waals surface area contributed by atoms with Gasteiger partial charge in [-0.2, -0.15) is 0 Å². The zero-order valence-electron chi connectivity index (χ0n) is 16.8. The van der Waals surface area contributed by atoms with Gasteiger partial charge in [0, 0.05) is 22.7 Å². The third-order valence-corrected chi connectivity index (χ3v) is 4.47. The zero-order valence-corrected chi connectivity index (χ0v) is 16.8. The molecule has 29 heavy (non-hydrogen) atoms. The summed E-state index contributed by atoms with van der Waals surface area (Å²) in [5.41, 5.74) is 3.01. The quantitative estimate of drug-likeness (QED) is 0.609. The van der Waals surface area contributed by atoms with Gasteiger partial charge in [0.25, 0.3) is 5.91 Å². The van der Waals surface area contributed by atoms with Crippen molar-refractivity contribution in [1.29, 1.82) is 0 Å². The monoisotopic (exact) mass is 397 g/mol. The van der Waals surface area contributed by atoms with Gasteiger partial charge in [-0.15, -0.1) is 0 Å². The molecule has 1 amide bonds. The first kappa shape index (κ1) is 20.3. The highest BCUT2D eigenvalue weighted by atomic mass is 16.5. The molecule has 0 radical (unpaired) electrons. The molecule has 1 aromatic heterocycles. The Morgan fingerprint density at radius 3 is 2.55 bits per heavy atom. The summed E-state index contributed by atoms with van der Waals surface area (Å²) in [6.07, 6.45) is 0.597. The molecule has 0 aliphatic heterocycles. The average molecular weight is 397 g/mol. The largest absolute Gasteiger partial charge is 0.493 e. The molecule has 1 atom stereocenters. The van der Waals surface area contributed by atoms with Gasteiger partial charge >= 0.3 is 5.97 Å². The van der Waals surface area contributed by atoms with Crippen molar-refractivity contribution in [3.8, 4) is 11.5 Å². The molecule has 0 aliphatic rings. The van der Waals surface area contributed by atoms with Crippen LogP contribution in [-0.4, -0.2) is 32.2 Å². The van der Waals surface area contributed by atoms with Crippen molar-refractivity contribution in [3.05, 3.63) is 53.8 Å². The number of esters is 1. The van der Waals surface area contributed by atoms with Crippen molar-refractivity contribution < 1.29 is 28.2 Å². The normalized spacial score (nSPS) is 11.7. The van der Waals surface area contributed by atoms with E-state index in [4.69, 9.17) is 18.6 Å². The number of fused-ring (bicyclic) bond motifs is 1. The standard InChI is InChI=1S/C22H23NO6/c1-13-5-7-17-15(12-28-19(17)9-13)10-21(24)29-14(2)22(25)23-16-6-8-18(26-3)20(11-16)27-4/h5-9,11-12,14H,10H2,1-4H3,(H,23,25)/t14-/m0/s1. The molecule has 0 aliphatic carbocycles. The Hall–Kier alpha value is -3.48. The molecule has 0 saturated heterocycles. The van der Waals surface area contributed by atoms with E-state index in [-0.39, 0.29) is 6.42 Å². The summed E-state index contributed by atoms with van der Waals surface area (Å²) in [6.45, 7) is 3.49. The van der Waals surface area contributed by atoms with E-state index in [1.165, 1.54) is 21.1 Å². The van der Waals surface area contributed by atoms with Crippen molar-refractivity contribution in [1.82, 2.24) is 0 Å². The van der Waals surface area contributed by atoms with E-state index in [0.717, 1.165) is 16.5 Å². The van der Waals surface area contributed by atoms with Gasteiger partial charge < -0.3 is 23.9 Å². The predicted octanol–water partition coefficient (Wildman–Crippen LogP) is 3.87. The molecule has 1 N–H and O–H groups in total. The molecule has 3 aromatic rings. The summed E-state index contributed by atoms with van der Waals surface area (Å²) >= 11 is 0. The highest BCUT2D eigenvalue weighted by Crippen LogP contribution is 2.30. The Labute approximate surface area is 168 Å². The highest BCUT2D eigenvalue weighted by molar-refractivity contribution is 5.95. The molecule has 0 fully saturated rings. The van der Waals surface area contributed by atoms with E-state index < -0.39 is 18.0 Å². The molecule has 0 saturated carbocycles. The molecule has 0 bridgehead atoms. The molecular formula is C22H23NO6. The Kier molecular flexibility index (Phi) is 6.07. The number of benzene rings is 2. The van der Waals surface area contributed by atoms with Crippen molar-refractivity contribution in [2.75, 3.05) is 19.5 Å². The Morgan fingerprint density at radius 2 is 1.83 bits per heavy atom. The summed E-state index contributed by atoms with van der Waals surface area (Å²) in [5, 5.41) is 3.55. The van der Waals surface area contributed by atoms with Gasteiger partial charge in [0.15, 0.2) is 17.6 Å². The lowest BCUT2D eigenvalue weighted by molar-refractivity contribution is -0.152. The smallest absolute Gasteiger partial charge is 0.311 e. The number of rotatable bonds is 7. The molecule has 0 spiro atoms. The van der Waals surface area contributed by atoms with Crippen LogP contribution in [0.1, 0.15) is 18.1 Å². The minimum absolute atomic E-state index is 0.0179. The molecule has 2 aromatic carbocycles. The van der Waals surface area contributed by atoms with E-state index in [9.17, 15) is 9.59 Å². The van der Waals surface area contributed by atoms with Gasteiger partial charge in [-0.3, -0.25) is 9.59 Å². The molecule has 0 unspecified atom stereocenters. The van der Waals surface area contributed by atoms with Crippen molar-refractivity contribution >= 4 is 28.5 Å². The van der Waals surface area contributed by atoms with Crippen LogP contribution < -0.4 is 14.8 Å². The van der Waals surface area contributed by atoms with E-state index in [1.807, 2.05) is 25.1 Å². The third-order valence-electron chi connectivity index (χ3n) is 4.47. The fourth-order valence-electron chi connectivity index (χ4n) is 2.93. The topological polar surface area (TPSA) is 87.0 Å². The zero-order chi connectivity index (χ0) is 21.0. The van der Waals surface area contributed by atoms with Gasteiger partial charge in [-0.05, 0) is 37.6 Å². The number of carbonyl (C=O) groups excluding carboxylic acids is 2. The van der Waals surface area contributed by atoms with Crippen LogP contribution in [0.3, 0.4) is 0 Å². The SMILES string of the molecule is COc1ccc(NC(=O)[C@H](C)OC(=O)Cc2coc3cc(C)ccc23)cc1OC. The van der Waals surface area contributed by atoms with Crippen LogP contribution >= 0.6 is 0 Å². The fourth-order valence-corrected chi connectivity index (χ4v) is 2.93. The second-order valence-corrected chi connectivity index (χ2v) is 6.63. The summed E-state index contributed by atoms with van der Waals surface area (Å²) < 4.78 is 21.2. The van der Waals surface area contributed by atoms with E-state index in [0.29, 0.717) is 22.8 Å². The van der Waals surface area contributed by atoms with Gasteiger partial charge in [-0.1, -0.05) is 12.1 Å².